The maximum atomic E-state index is 11.9. The van der Waals surface area contributed by atoms with Crippen LogP contribution in [0.4, 0.5) is 0 Å². The summed E-state index contributed by atoms with van der Waals surface area (Å²) in [5.74, 6) is 0. The van der Waals surface area contributed by atoms with Crippen molar-refractivity contribution in [3.8, 4) is 0 Å². The van der Waals surface area contributed by atoms with Crippen LogP contribution < -0.4 is 10.9 Å². The number of rotatable bonds is 4. The molecule has 3 nitrogen and oxygen atoms in total. The molecule has 0 aliphatic carbocycles. The molecule has 0 radical (unpaired) electrons. The summed E-state index contributed by atoms with van der Waals surface area (Å²) >= 11 is 0. The average Bonchev–Trinajstić information content (AvgIpc) is 2.33. The van der Waals surface area contributed by atoms with Gasteiger partial charge in [-0.2, -0.15) is 0 Å². The highest BCUT2D eigenvalue weighted by atomic mass is 16.1. The van der Waals surface area contributed by atoms with E-state index in [9.17, 15) is 4.79 Å². The molecule has 0 fully saturated rings. The van der Waals surface area contributed by atoms with Crippen LogP contribution in [0, 0.1) is 0 Å². The summed E-state index contributed by atoms with van der Waals surface area (Å²) in [6.45, 7) is 5.79. The number of nitrogens with zero attached hydrogens (tertiary/aromatic N) is 1. The zero-order valence-electron chi connectivity index (χ0n) is 10.3. The zero-order valence-corrected chi connectivity index (χ0v) is 10.3. The van der Waals surface area contributed by atoms with Crippen molar-refractivity contribution in [2.75, 3.05) is 6.54 Å². The monoisotopic (exact) mass is 230 g/mol. The van der Waals surface area contributed by atoms with Crippen LogP contribution in [-0.2, 0) is 6.54 Å². The Hall–Kier alpha value is -1.61. The van der Waals surface area contributed by atoms with E-state index >= 15 is 0 Å². The fraction of sp³-hybridized carbons (Fsp3) is 0.357. The van der Waals surface area contributed by atoms with Gasteiger partial charge in [0, 0.05) is 18.7 Å². The SMILES string of the molecule is CCNC(C)Cn1c(=O)ccc2ccccc21. The lowest BCUT2D eigenvalue weighted by molar-refractivity contribution is 0.490. The first-order valence-electron chi connectivity index (χ1n) is 6.04. The number of fused-ring (bicyclic) bond motifs is 1. The fourth-order valence-electron chi connectivity index (χ4n) is 2.12. The van der Waals surface area contributed by atoms with Crippen LogP contribution in [-0.4, -0.2) is 17.2 Å². The Labute approximate surface area is 101 Å². The molecule has 1 atom stereocenters. The molecule has 17 heavy (non-hydrogen) atoms. The maximum absolute atomic E-state index is 11.9. The number of pyridine rings is 1. The van der Waals surface area contributed by atoms with Gasteiger partial charge in [-0.05, 0) is 31.0 Å². The van der Waals surface area contributed by atoms with Gasteiger partial charge < -0.3 is 9.88 Å². The summed E-state index contributed by atoms with van der Waals surface area (Å²) < 4.78 is 1.84. The van der Waals surface area contributed by atoms with Gasteiger partial charge in [-0.1, -0.05) is 25.1 Å². The van der Waals surface area contributed by atoms with Gasteiger partial charge in [0.25, 0.3) is 5.56 Å². The van der Waals surface area contributed by atoms with E-state index in [4.69, 9.17) is 0 Å². The summed E-state index contributed by atoms with van der Waals surface area (Å²) in [5.41, 5.74) is 1.07. The normalized spacial score (nSPS) is 12.8. The molecule has 1 unspecified atom stereocenters. The first-order valence-corrected chi connectivity index (χ1v) is 6.04. The van der Waals surface area contributed by atoms with Crippen LogP contribution in [0.15, 0.2) is 41.2 Å². The van der Waals surface area contributed by atoms with Crippen molar-refractivity contribution < 1.29 is 0 Å². The molecule has 0 saturated heterocycles. The molecule has 2 rings (SSSR count). The van der Waals surface area contributed by atoms with Crippen molar-refractivity contribution in [3.63, 3.8) is 0 Å². The number of hydrogen-bond donors (Lipinski definition) is 1. The number of benzene rings is 1. The third-order valence-electron chi connectivity index (χ3n) is 2.91. The Kier molecular flexibility index (Phi) is 3.59. The standard InChI is InChI=1S/C14H18N2O/c1-3-15-11(2)10-16-13-7-5-4-6-12(13)8-9-14(16)17/h4-9,11,15H,3,10H2,1-2H3. The van der Waals surface area contributed by atoms with E-state index in [1.807, 2.05) is 34.9 Å². The van der Waals surface area contributed by atoms with Gasteiger partial charge in [0.1, 0.15) is 0 Å². The molecule has 0 aliphatic heterocycles. The summed E-state index contributed by atoms with van der Waals surface area (Å²) in [6, 6.07) is 11.8. The molecule has 2 aromatic rings. The Bertz CT molecular complexity index is 559. The molecular formula is C14H18N2O. The molecule has 0 spiro atoms. The van der Waals surface area contributed by atoms with Gasteiger partial charge in [-0.3, -0.25) is 4.79 Å². The van der Waals surface area contributed by atoms with Gasteiger partial charge in [-0.25, -0.2) is 0 Å². The molecule has 1 aromatic heterocycles. The quantitative estimate of drug-likeness (QED) is 0.871. The Balaban J connectivity index is 2.44. The molecule has 90 valence electrons. The minimum atomic E-state index is 0.0634. The van der Waals surface area contributed by atoms with E-state index in [-0.39, 0.29) is 5.56 Å². The molecule has 1 aromatic carbocycles. The smallest absolute Gasteiger partial charge is 0.251 e. The predicted molar refractivity (Wildman–Crippen MR) is 71.3 cm³/mol. The van der Waals surface area contributed by atoms with Crippen molar-refractivity contribution in [1.29, 1.82) is 0 Å². The van der Waals surface area contributed by atoms with Crippen molar-refractivity contribution in [3.05, 3.63) is 46.8 Å². The van der Waals surface area contributed by atoms with E-state index in [1.165, 1.54) is 0 Å². The highest BCUT2D eigenvalue weighted by Gasteiger charge is 2.06. The summed E-state index contributed by atoms with van der Waals surface area (Å²) in [5, 5.41) is 4.43. The molecule has 0 saturated carbocycles. The van der Waals surface area contributed by atoms with Crippen molar-refractivity contribution in [1.82, 2.24) is 9.88 Å². The van der Waals surface area contributed by atoms with Crippen LogP contribution in [0.3, 0.4) is 0 Å². The van der Waals surface area contributed by atoms with Crippen molar-refractivity contribution in [2.24, 2.45) is 0 Å². The highest BCUT2D eigenvalue weighted by Crippen LogP contribution is 2.11. The van der Waals surface area contributed by atoms with Crippen LogP contribution in [0.2, 0.25) is 0 Å². The van der Waals surface area contributed by atoms with Gasteiger partial charge in [-0.15, -0.1) is 0 Å². The largest absolute Gasteiger partial charge is 0.313 e. The van der Waals surface area contributed by atoms with Gasteiger partial charge in [0.2, 0.25) is 0 Å². The molecule has 0 bridgehead atoms. The van der Waals surface area contributed by atoms with Crippen LogP contribution in [0.1, 0.15) is 13.8 Å². The third kappa shape index (κ3) is 2.56. The molecule has 3 heteroatoms. The van der Waals surface area contributed by atoms with Crippen LogP contribution in [0.25, 0.3) is 10.9 Å². The van der Waals surface area contributed by atoms with Crippen molar-refractivity contribution in [2.45, 2.75) is 26.4 Å². The molecular weight excluding hydrogens is 212 g/mol. The Morgan fingerprint density at radius 3 is 2.76 bits per heavy atom. The second kappa shape index (κ2) is 5.15. The number of likely N-dealkylation sites (N-methyl/N-ethyl adjacent to an activating group) is 1. The second-order valence-electron chi connectivity index (χ2n) is 4.30. The fourth-order valence-corrected chi connectivity index (χ4v) is 2.12. The summed E-state index contributed by atoms with van der Waals surface area (Å²) in [7, 11) is 0. The predicted octanol–water partition coefficient (Wildman–Crippen LogP) is 2.00. The molecule has 1 heterocycles. The van der Waals surface area contributed by atoms with E-state index in [2.05, 4.69) is 19.2 Å². The average molecular weight is 230 g/mol. The first kappa shape index (κ1) is 11.9. The van der Waals surface area contributed by atoms with Gasteiger partial charge >= 0.3 is 0 Å². The van der Waals surface area contributed by atoms with E-state index in [0.29, 0.717) is 12.6 Å². The number of hydrogen-bond acceptors (Lipinski definition) is 2. The number of para-hydroxylation sites is 1. The number of aromatic nitrogens is 1. The highest BCUT2D eigenvalue weighted by molar-refractivity contribution is 5.78. The number of nitrogens with one attached hydrogen (secondary N) is 1. The zero-order chi connectivity index (χ0) is 12.3. The maximum Gasteiger partial charge on any atom is 0.251 e. The third-order valence-corrected chi connectivity index (χ3v) is 2.91. The molecule has 1 N–H and O–H groups in total. The summed E-state index contributed by atoms with van der Waals surface area (Å²) in [6.07, 6.45) is 0. The lowest BCUT2D eigenvalue weighted by Crippen LogP contribution is -2.34. The minimum absolute atomic E-state index is 0.0634. The lowest BCUT2D eigenvalue weighted by atomic mass is 10.2. The minimum Gasteiger partial charge on any atom is -0.313 e. The van der Waals surface area contributed by atoms with Gasteiger partial charge in [0.05, 0.1) is 5.52 Å². The van der Waals surface area contributed by atoms with E-state index < -0.39 is 0 Å². The molecule has 0 amide bonds. The van der Waals surface area contributed by atoms with E-state index in [1.54, 1.807) is 6.07 Å². The summed E-state index contributed by atoms with van der Waals surface area (Å²) in [4.78, 5) is 11.9. The van der Waals surface area contributed by atoms with Gasteiger partial charge in [0.15, 0.2) is 0 Å². The Morgan fingerprint density at radius 2 is 2.00 bits per heavy atom. The van der Waals surface area contributed by atoms with E-state index in [0.717, 1.165) is 17.4 Å². The topological polar surface area (TPSA) is 34.0 Å². The van der Waals surface area contributed by atoms with Crippen molar-refractivity contribution >= 4 is 10.9 Å². The molecule has 0 aliphatic rings. The Morgan fingerprint density at radius 1 is 1.24 bits per heavy atom. The van der Waals surface area contributed by atoms with Crippen LogP contribution in [0.5, 0.6) is 0 Å². The van der Waals surface area contributed by atoms with Crippen LogP contribution >= 0.6 is 0 Å². The second-order valence-corrected chi connectivity index (χ2v) is 4.30. The lowest BCUT2D eigenvalue weighted by Gasteiger charge is -2.16. The first-order chi connectivity index (χ1) is 8.22.